The number of rotatable bonds is 4. The second kappa shape index (κ2) is 5.21. The number of anilines is 1. The van der Waals surface area contributed by atoms with Crippen LogP contribution in [0.25, 0.3) is 0 Å². The second-order valence-electron chi connectivity index (χ2n) is 5.22. The van der Waals surface area contributed by atoms with Crippen LogP contribution < -0.4 is 11.1 Å². The molecule has 0 radical (unpaired) electrons. The number of nitrogens with two attached hydrogens (primary N) is 1. The molecule has 0 amide bonds. The van der Waals surface area contributed by atoms with Crippen LogP contribution in [0.3, 0.4) is 0 Å². The average molecular weight is 283 g/mol. The van der Waals surface area contributed by atoms with Gasteiger partial charge in [0.2, 0.25) is 0 Å². The highest BCUT2D eigenvalue weighted by Gasteiger charge is 2.38. The molecule has 0 spiro atoms. The van der Waals surface area contributed by atoms with Crippen molar-refractivity contribution >= 4 is 23.0 Å². The summed E-state index contributed by atoms with van der Waals surface area (Å²) in [5.74, 6) is 1.36. The first kappa shape index (κ1) is 13.1. The van der Waals surface area contributed by atoms with Crippen molar-refractivity contribution in [3.63, 3.8) is 0 Å². The summed E-state index contributed by atoms with van der Waals surface area (Å²) in [6, 6.07) is 14.8. The summed E-state index contributed by atoms with van der Waals surface area (Å²) in [6.07, 6.45) is 1.12. The van der Waals surface area contributed by atoms with Gasteiger partial charge in [0.15, 0.2) is 0 Å². The highest BCUT2D eigenvalue weighted by atomic mass is 32.1. The fourth-order valence-corrected chi connectivity index (χ4v) is 2.63. The van der Waals surface area contributed by atoms with E-state index in [2.05, 4.69) is 34.6 Å². The number of nitrogens with zero attached hydrogens (tertiary/aromatic N) is 1. The van der Waals surface area contributed by atoms with Gasteiger partial charge in [0.1, 0.15) is 10.8 Å². The Morgan fingerprint density at radius 2 is 2.00 bits per heavy atom. The lowest BCUT2D eigenvalue weighted by molar-refractivity contribution is 1.02. The Balaban J connectivity index is 1.77. The zero-order valence-corrected chi connectivity index (χ0v) is 12.2. The van der Waals surface area contributed by atoms with Gasteiger partial charge in [0.25, 0.3) is 0 Å². The van der Waals surface area contributed by atoms with Gasteiger partial charge >= 0.3 is 0 Å². The zero-order chi connectivity index (χ0) is 14.1. The van der Waals surface area contributed by atoms with Gasteiger partial charge in [-0.2, -0.15) is 0 Å². The van der Waals surface area contributed by atoms with Crippen molar-refractivity contribution in [1.29, 1.82) is 0 Å². The molecule has 1 aliphatic carbocycles. The van der Waals surface area contributed by atoms with Crippen molar-refractivity contribution in [3.05, 3.63) is 59.3 Å². The van der Waals surface area contributed by atoms with Crippen LogP contribution in [0.15, 0.2) is 42.5 Å². The third-order valence-electron chi connectivity index (χ3n) is 3.64. The minimum absolute atomic E-state index is 0.386. The molecule has 3 nitrogen and oxygen atoms in total. The smallest absolute Gasteiger partial charge is 0.136 e. The van der Waals surface area contributed by atoms with Crippen LogP contribution in [0.4, 0.5) is 5.82 Å². The summed E-state index contributed by atoms with van der Waals surface area (Å²) in [5, 5.41) is 3.48. The number of nitrogens with one attached hydrogen (secondary N) is 1. The van der Waals surface area contributed by atoms with E-state index in [9.17, 15) is 0 Å². The van der Waals surface area contributed by atoms with Crippen molar-refractivity contribution in [2.75, 3.05) is 5.32 Å². The monoisotopic (exact) mass is 283 g/mol. The van der Waals surface area contributed by atoms with Gasteiger partial charge in [0.05, 0.1) is 5.56 Å². The molecular formula is C16H17N3S. The van der Waals surface area contributed by atoms with Crippen molar-refractivity contribution < 1.29 is 0 Å². The van der Waals surface area contributed by atoms with E-state index in [4.69, 9.17) is 18.0 Å². The summed E-state index contributed by atoms with van der Waals surface area (Å²) >= 11 is 5.09. The van der Waals surface area contributed by atoms with Crippen LogP contribution in [0.2, 0.25) is 0 Å². The number of thiocarbonyl (C=S) groups is 1. The van der Waals surface area contributed by atoms with Gasteiger partial charge in [0, 0.05) is 17.7 Å². The highest BCUT2D eigenvalue weighted by Crippen LogP contribution is 2.42. The molecular weight excluding hydrogens is 266 g/mol. The van der Waals surface area contributed by atoms with Crippen LogP contribution in [-0.4, -0.2) is 16.0 Å². The maximum absolute atomic E-state index is 5.76. The van der Waals surface area contributed by atoms with Crippen LogP contribution in [-0.2, 0) is 0 Å². The van der Waals surface area contributed by atoms with Gasteiger partial charge < -0.3 is 11.1 Å². The molecule has 0 bridgehead atoms. The van der Waals surface area contributed by atoms with Crippen LogP contribution in [0.5, 0.6) is 0 Å². The van der Waals surface area contributed by atoms with E-state index in [0.29, 0.717) is 16.9 Å². The Labute approximate surface area is 124 Å². The molecule has 3 rings (SSSR count). The average Bonchev–Trinajstić information content (AvgIpc) is 3.19. The van der Waals surface area contributed by atoms with Gasteiger partial charge in [-0.25, -0.2) is 4.98 Å². The van der Waals surface area contributed by atoms with Crippen LogP contribution >= 0.6 is 12.2 Å². The van der Waals surface area contributed by atoms with E-state index in [1.54, 1.807) is 0 Å². The maximum atomic E-state index is 5.76. The summed E-state index contributed by atoms with van der Waals surface area (Å²) in [4.78, 5) is 4.91. The minimum atomic E-state index is 0.386. The van der Waals surface area contributed by atoms with E-state index in [1.165, 1.54) is 5.56 Å². The fraction of sp³-hybridized carbons (Fsp3) is 0.250. The quantitative estimate of drug-likeness (QED) is 0.847. The second-order valence-corrected chi connectivity index (χ2v) is 5.66. The van der Waals surface area contributed by atoms with E-state index < -0.39 is 0 Å². The molecule has 4 heteroatoms. The molecule has 3 N–H and O–H groups in total. The molecule has 1 aromatic carbocycles. The highest BCUT2D eigenvalue weighted by molar-refractivity contribution is 7.80. The molecule has 0 aliphatic heterocycles. The van der Waals surface area contributed by atoms with Crippen molar-refractivity contribution in [2.24, 2.45) is 5.73 Å². The third kappa shape index (κ3) is 2.65. The predicted molar refractivity (Wildman–Crippen MR) is 86.1 cm³/mol. The molecule has 2 aromatic rings. The Hall–Kier alpha value is -1.94. The summed E-state index contributed by atoms with van der Waals surface area (Å²) in [7, 11) is 0. The van der Waals surface area contributed by atoms with E-state index >= 15 is 0 Å². The molecule has 1 aliphatic rings. The molecule has 102 valence electrons. The Morgan fingerprint density at radius 3 is 2.70 bits per heavy atom. The van der Waals surface area contributed by atoms with Crippen LogP contribution in [0, 0.1) is 6.92 Å². The Kier molecular flexibility index (Phi) is 3.40. The lowest BCUT2D eigenvalue weighted by atomic mass is 10.1. The lowest BCUT2D eigenvalue weighted by Gasteiger charge is -2.11. The van der Waals surface area contributed by atoms with Crippen molar-refractivity contribution in [2.45, 2.75) is 25.3 Å². The lowest BCUT2D eigenvalue weighted by Crippen LogP contribution is -2.16. The largest absolute Gasteiger partial charge is 0.389 e. The van der Waals surface area contributed by atoms with Crippen LogP contribution in [0.1, 0.15) is 29.2 Å². The van der Waals surface area contributed by atoms with E-state index in [0.717, 1.165) is 23.5 Å². The summed E-state index contributed by atoms with van der Waals surface area (Å²) in [5.41, 5.74) is 8.91. The maximum Gasteiger partial charge on any atom is 0.136 e. The van der Waals surface area contributed by atoms with Crippen molar-refractivity contribution in [3.8, 4) is 0 Å². The number of benzene rings is 1. The fourth-order valence-electron chi connectivity index (χ4n) is 2.46. The Morgan fingerprint density at radius 1 is 1.25 bits per heavy atom. The first-order chi connectivity index (χ1) is 9.65. The van der Waals surface area contributed by atoms with Gasteiger partial charge in [-0.1, -0.05) is 42.5 Å². The first-order valence-electron chi connectivity index (χ1n) is 6.74. The Bertz CT molecular complexity index is 639. The molecule has 0 saturated heterocycles. The standard InChI is InChI=1S/C16H17N3S/c1-10-7-8-12(15(17)20)16(18-10)19-14-9-13(14)11-5-3-2-4-6-11/h2-8,13-14H,9H2,1H3,(H2,17,20)(H,18,19). The number of aromatic nitrogens is 1. The molecule has 1 aromatic heterocycles. The molecule has 2 unspecified atom stereocenters. The normalized spacial score (nSPS) is 20.4. The molecule has 20 heavy (non-hydrogen) atoms. The van der Waals surface area contributed by atoms with Gasteiger partial charge in [-0.05, 0) is 31.0 Å². The molecule has 1 saturated carbocycles. The van der Waals surface area contributed by atoms with Gasteiger partial charge in [-0.15, -0.1) is 0 Å². The third-order valence-corrected chi connectivity index (χ3v) is 3.86. The minimum Gasteiger partial charge on any atom is -0.389 e. The summed E-state index contributed by atoms with van der Waals surface area (Å²) < 4.78 is 0. The number of aryl methyl sites for hydroxylation is 1. The number of pyridine rings is 1. The molecule has 2 atom stereocenters. The molecule has 1 fully saturated rings. The number of hydrogen-bond acceptors (Lipinski definition) is 3. The summed E-state index contributed by atoms with van der Waals surface area (Å²) in [6.45, 7) is 1.97. The van der Waals surface area contributed by atoms with Crippen molar-refractivity contribution in [1.82, 2.24) is 4.98 Å². The first-order valence-corrected chi connectivity index (χ1v) is 7.15. The SMILES string of the molecule is Cc1ccc(C(N)=S)c(NC2CC2c2ccccc2)n1. The van der Waals surface area contributed by atoms with Gasteiger partial charge in [-0.3, -0.25) is 0 Å². The predicted octanol–water partition coefficient (Wildman–Crippen LogP) is 2.99. The zero-order valence-electron chi connectivity index (χ0n) is 11.3. The van der Waals surface area contributed by atoms with E-state index in [-0.39, 0.29) is 0 Å². The molecule has 1 heterocycles. The van der Waals surface area contributed by atoms with E-state index in [1.807, 2.05) is 25.1 Å². The topological polar surface area (TPSA) is 50.9 Å². The number of hydrogen-bond donors (Lipinski definition) is 2.